The lowest BCUT2D eigenvalue weighted by Crippen LogP contribution is -2.42. The summed E-state index contributed by atoms with van der Waals surface area (Å²) in [5, 5.41) is 12.8. The van der Waals surface area contributed by atoms with Gasteiger partial charge in [-0.2, -0.15) is 11.8 Å². The second-order valence-corrected chi connectivity index (χ2v) is 5.92. The van der Waals surface area contributed by atoms with Gasteiger partial charge in [-0.05, 0) is 31.4 Å². The van der Waals surface area contributed by atoms with Crippen LogP contribution in [0.15, 0.2) is 24.3 Å². The van der Waals surface area contributed by atoms with Gasteiger partial charge in [0, 0.05) is 37.6 Å². The zero-order valence-corrected chi connectivity index (χ0v) is 12.8. The van der Waals surface area contributed by atoms with Gasteiger partial charge < -0.3 is 15.3 Å². The van der Waals surface area contributed by atoms with Crippen molar-refractivity contribution in [2.45, 2.75) is 12.5 Å². The third-order valence-corrected chi connectivity index (χ3v) is 3.62. The molecule has 1 aromatic carbocycles. The van der Waals surface area contributed by atoms with Crippen molar-refractivity contribution in [3.8, 4) is 0 Å². The van der Waals surface area contributed by atoms with E-state index in [1.807, 2.05) is 43.5 Å². The van der Waals surface area contributed by atoms with E-state index in [-0.39, 0.29) is 12.5 Å². The molecular weight excluding hydrogens is 260 g/mol. The van der Waals surface area contributed by atoms with Gasteiger partial charge in [-0.15, -0.1) is 0 Å². The summed E-state index contributed by atoms with van der Waals surface area (Å²) in [4.78, 5) is 14.0. The highest BCUT2D eigenvalue weighted by molar-refractivity contribution is 7.98. The number of benzene rings is 1. The molecular formula is C14H22N2O2S. The van der Waals surface area contributed by atoms with Gasteiger partial charge >= 0.3 is 0 Å². The van der Waals surface area contributed by atoms with E-state index >= 15 is 0 Å². The number of rotatable bonds is 6. The maximum atomic E-state index is 12.0. The Kier molecular flexibility index (Phi) is 5.69. The number of thioether (sulfide) groups is 1. The summed E-state index contributed by atoms with van der Waals surface area (Å²) in [6, 6.07) is 7.40. The fourth-order valence-electron chi connectivity index (χ4n) is 1.66. The summed E-state index contributed by atoms with van der Waals surface area (Å²) in [6.45, 7) is 1.97. The van der Waals surface area contributed by atoms with Crippen LogP contribution in [0.2, 0.25) is 0 Å². The van der Waals surface area contributed by atoms with Crippen LogP contribution in [0.1, 0.15) is 17.3 Å². The Bertz CT molecular complexity index is 433. The number of nitrogens with zero attached hydrogens (tertiary/aromatic N) is 1. The highest BCUT2D eigenvalue weighted by Gasteiger charge is 2.20. The molecule has 1 atom stereocenters. The first-order valence-corrected chi connectivity index (χ1v) is 7.52. The standard InChI is InChI=1S/C14H22N2O2S/c1-14(18,10-19-4)9-15-13(17)11-6-5-7-12(8-11)16(2)3/h5-8,18H,9-10H2,1-4H3,(H,15,17). The fraction of sp³-hybridized carbons (Fsp3) is 0.500. The number of nitrogens with one attached hydrogen (secondary N) is 1. The topological polar surface area (TPSA) is 52.6 Å². The minimum Gasteiger partial charge on any atom is -0.387 e. The van der Waals surface area contributed by atoms with Crippen LogP contribution < -0.4 is 10.2 Å². The molecule has 0 aliphatic carbocycles. The molecule has 1 amide bonds. The lowest BCUT2D eigenvalue weighted by molar-refractivity contribution is 0.0725. The van der Waals surface area contributed by atoms with Crippen LogP contribution in [-0.4, -0.2) is 49.3 Å². The Balaban J connectivity index is 2.66. The third-order valence-electron chi connectivity index (χ3n) is 2.71. The molecule has 19 heavy (non-hydrogen) atoms. The Hall–Kier alpha value is -1.20. The second-order valence-electron chi connectivity index (χ2n) is 5.06. The number of amides is 1. The van der Waals surface area contributed by atoms with Crippen molar-refractivity contribution in [2.24, 2.45) is 0 Å². The fourth-order valence-corrected chi connectivity index (χ4v) is 2.38. The Morgan fingerprint density at radius 1 is 1.47 bits per heavy atom. The number of carbonyl (C=O) groups is 1. The van der Waals surface area contributed by atoms with E-state index in [1.54, 1.807) is 24.8 Å². The molecule has 106 valence electrons. The minimum atomic E-state index is -0.881. The minimum absolute atomic E-state index is 0.162. The van der Waals surface area contributed by atoms with E-state index in [2.05, 4.69) is 5.32 Å². The number of hydrogen-bond donors (Lipinski definition) is 2. The number of aliphatic hydroxyl groups is 1. The Labute approximate surface area is 119 Å². The first kappa shape index (κ1) is 15.9. The summed E-state index contributed by atoms with van der Waals surface area (Å²) >= 11 is 1.55. The van der Waals surface area contributed by atoms with Crippen LogP contribution in [0.3, 0.4) is 0 Å². The maximum Gasteiger partial charge on any atom is 0.251 e. The van der Waals surface area contributed by atoms with Crippen molar-refractivity contribution in [1.29, 1.82) is 0 Å². The summed E-state index contributed by atoms with van der Waals surface area (Å²) in [5.74, 6) is 0.426. The molecule has 1 rings (SSSR count). The SMILES string of the molecule is CSCC(C)(O)CNC(=O)c1cccc(N(C)C)c1. The van der Waals surface area contributed by atoms with Crippen molar-refractivity contribution in [3.63, 3.8) is 0 Å². The van der Waals surface area contributed by atoms with Gasteiger partial charge in [0.05, 0.1) is 5.60 Å². The molecule has 0 aliphatic rings. The predicted molar refractivity (Wildman–Crippen MR) is 82.1 cm³/mol. The molecule has 0 aliphatic heterocycles. The zero-order valence-electron chi connectivity index (χ0n) is 11.9. The van der Waals surface area contributed by atoms with E-state index in [0.29, 0.717) is 11.3 Å². The van der Waals surface area contributed by atoms with Crippen LogP contribution >= 0.6 is 11.8 Å². The molecule has 0 fully saturated rings. The van der Waals surface area contributed by atoms with Crippen molar-refractivity contribution < 1.29 is 9.90 Å². The number of carbonyl (C=O) groups excluding carboxylic acids is 1. The van der Waals surface area contributed by atoms with E-state index in [9.17, 15) is 9.90 Å². The normalized spacial score (nSPS) is 13.7. The van der Waals surface area contributed by atoms with E-state index in [1.165, 1.54) is 0 Å². The Morgan fingerprint density at radius 3 is 2.74 bits per heavy atom. The molecule has 1 unspecified atom stereocenters. The highest BCUT2D eigenvalue weighted by atomic mass is 32.2. The monoisotopic (exact) mass is 282 g/mol. The first-order chi connectivity index (χ1) is 8.85. The molecule has 0 aromatic heterocycles. The quantitative estimate of drug-likeness (QED) is 0.832. The summed E-state index contributed by atoms with van der Waals surface area (Å²) < 4.78 is 0. The molecule has 4 nitrogen and oxygen atoms in total. The summed E-state index contributed by atoms with van der Waals surface area (Å²) in [6.07, 6.45) is 1.93. The zero-order chi connectivity index (χ0) is 14.5. The van der Waals surface area contributed by atoms with Crippen molar-refractivity contribution in [1.82, 2.24) is 5.32 Å². The van der Waals surface area contributed by atoms with Crippen LogP contribution in [0.25, 0.3) is 0 Å². The van der Waals surface area contributed by atoms with Gasteiger partial charge in [0.25, 0.3) is 5.91 Å². The first-order valence-electron chi connectivity index (χ1n) is 6.12. The third kappa shape index (κ3) is 5.12. The van der Waals surface area contributed by atoms with Crippen LogP contribution in [0.4, 0.5) is 5.69 Å². The van der Waals surface area contributed by atoms with Crippen molar-refractivity contribution >= 4 is 23.4 Å². The van der Waals surface area contributed by atoms with Crippen molar-refractivity contribution in [3.05, 3.63) is 29.8 Å². The van der Waals surface area contributed by atoms with Gasteiger partial charge in [0.2, 0.25) is 0 Å². The summed E-state index contributed by atoms with van der Waals surface area (Å²) in [7, 11) is 3.86. The smallest absolute Gasteiger partial charge is 0.251 e. The van der Waals surface area contributed by atoms with Gasteiger partial charge in [0.1, 0.15) is 0 Å². The molecule has 0 spiro atoms. The molecule has 2 N–H and O–H groups in total. The number of hydrogen-bond acceptors (Lipinski definition) is 4. The van der Waals surface area contributed by atoms with E-state index < -0.39 is 5.60 Å². The molecule has 0 saturated heterocycles. The van der Waals surface area contributed by atoms with E-state index in [0.717, 1.165) is 5.69 Å². The average Bonchev–Trinajstić information content (AvgIpc) is 2.36. The van der Waals surface area contributed by atoms with Gasteiger partial charge in [0.15, 0.2) is 0 Å². The van der Waals surface area contributed by atoms with Crippen LogP contribution in [0, 0.1) is 0 Å². The molecule has 0 heterocycles. The van der Waals surface area contributed by atoms with Gasteiger partial charge in [-0.25, -0.2) is 0 Å². The highest BCUT2D eigenvalue weighted by Crippen LogP contribution is 2.14. The Morgan fingerprint density at radius 2 is 2.16 bits per heavy atom. The lowest BCUT2D eigenvalue weighted by Gasteiger charge is -2.22. The molecule has 0 saturated carbocycles. The molecule has 5 heteroatoms. The molecule has 0 bridgehead atoms. The number of anilines is 1. The van der Waals surface area contributed by atoms with E-state index in [4.69, 9.17) is 0 Å². The van der Waals surface area contributed by atoms with Crippen molar-refractivity contribution in [2.75, 3.05) is 37.5 Å². The van der Waals surface area contributed by atoms with Gasteiger partial charge in [-0.1, -0.05) is 6.07 Å². The van der Waals surface area contributed by atoms with Gasteiger partial charge in [-0.3, -0.25) is 4.79 Å². The average molecular weight is 282 g/mol. The predicted octanol–water partition coefficient (Wildman–Crippen LogP) is 1.60. The second kappa shape index (κ2) is 6.82. The molecule has 1 aromatic rings. The maximum absolute atomic E-state index is 12.0. The molecule has 0 radical (unpaired) electrons. The lowest BCUT2D eigenvalue weighted by atomic mass is 10.1. The van der Waals surface area contributed by atoms with Crippen LogP contribution in [-0.2, 0) is 0 Å². The van der Waals surface area contributed by atoms with Crippen LogP contribution in [0.5, 0.6) is 0 Å². The largest absolute Gasteiger partial charge is 0.387 e. The summed E-state index contributed by atoms with van der Waals surface area (Å²) in [5.41, 5.74) is 0.698.